The quantitative estimate of drug-likeness (QED) is 0.811. The lowest BCUT2D eigenvalue weighted by Crippen LogP contribution is -2.28. The molecule has 1 aromatic heterocycles. The van der Waals surface area contributed by atoms with Gasteiger partial charge in [-0.05, 0) is 6.42 Å². The first-order chi connectivity index (χ1) is 7.81. The zero-order valence-electron chi connectivity index (χ0n) is 9.24. The maximum Gasteiger partial charge on any atom is 0.224 e. The van der Waals surface area contributed by atoms with Crippen molar-refractivity contribution in [3.63, 3.8) is 0 Å². The van der Waals surface area contributed by atoms with Crippen molar-refractivity contribution >= 4 is 11.8 Å². The Bertz CT molecular complexity index is 353. The molecule has 1 fully saturated rings. The molecule has 0 bridgehead atoms. The van der Waals surface area contributed by atoms with E-state index in [0.717, 1.165) is 19.6 Å². The maximum absolute atomic E-state index is 13.6. The van der Waals surface area contributed by atoms with Gasteiger partial charge in [0.05, 0.1) is 12.8 Å². The van der Waals surface area contributed by atoms with E-state index in [4.69, 9.17) is 4.74 Å². The first-order valence-corrected chi connectivity index (χ1v) is 5.34. The molecule has 2 rings (SSSR count). The summed E-state index contributed by atoms with van der Waals surface area (Å²) >= 11 is 0. The second kappa shape index (κ2) is 5.07. The molecule has 0 saturated carbocycles. The van der Waals surface area contributed by atoms with Gasteiger partial charge in [-0.25, -0.2) is 9.37 Å². The van der Waals surface area contributed by atoms with Crippen molar-refractivity contribution in [2.45, 2.75) is 6.42 Å². The number of nitrogens with zero attached hydrogens (tertiary/aromatic N) is 3. The minimum atomic E-state index is -0.388. The number of hydrogen-bond acceptors (Lipinski definition) is 5. The van der Waals surface area contributed by atoms with E-state index in [2.05, 4.69) is 15.3 Å². The molecule has 1 aliphatic rings. The van der Waals surface area contributed by atoms with Gasteiger partial charge in [0.25, 0.3) is 0 Å². The van der Waals surface area contributed by atoms with Crippen LogP contribution in [-0.2, 0) is 4.74 Å². The van der Waals surface area contributed by atoms with E-state index < -0.39 is 0 Å². The normalized spacial score (nSPS) is 17.0. The van der Waals surface area contributed by atoms with Crippen molar-refractivity contribution in [3.8, 4) is 0 Å². The highest BCUT2D eigenvalue weighted by molar-refractivity contribution is 5.43. The average molecular weight is 226 g/mol. The lowest BCUT2D eigenvalue weighted by atomic mass is 10.4. The van der Waals surface area contributed by atoms with Gasteiger partial charge >= 0.3 is 0 Å². The molecule has 5 nitrogen and oxygen atoms in total. The molecule has 1 N–H and O–H groups in total. The molecule has 0 aliphatic carbocycles. The number of aromatic nitrogens is 2. The molecule has 2 heterocycles. The third kappa shape index (κ3) is 2.38. The van der Waals surface area contributed by atoms with E-state index in [9.17, 15) is 4.39 Å². The molecule has 0 atom stereocenters. The average Bonchev–Trinajstić information content (AvgIpc) is 2.58. The van der Waals surface area contributed by atoms with Crippen LogP contribution in [0.25, 0.3) is 0 Å². The van der Waals surface area contributed by atoms with Crippen LogP contribution >= 0.6 is 0 Å². The van der Waals surface area contributed by atoms with Crippen molar-refractivity contribution in [1.29, 1.82) is 0 Å². The molecule has 0 amide bonds. The monoisotopic (exact) mass is 226 g/mol. The van der Waals surface area contributed by atoms with Gasteiger partial charge < -0.3 is 15.0 Å². The number of halogens is 1. The Morgan fingerprint density at radius 1 is 1.44 bits per heavy atom. The molecular formula is C10H15FN4O. The number of anilines is 2. The topological polar surface area (TPSA) is 50.3 Å². The van der Waals surface area contributed by atoms with Crippen molar-refractivity contribution in [2.75, 3.05) is 43.6 Å². The Balaban J connectivity index is 2.22. The van der Waals surface area contributed by atoms with E-state index in [1.165, 1.54) is 6.20 Å². The second-order valence-electron chi connectivity index (χ2n) is 3.57. The first-order valence-electron chi connectivity index (χ1n) is 5.34. The van der Waals surface area contributed by atoms with Crippen molar-refractivity contribution < 1.29 is 9.13 Å². The van der Waals surface area contributed by atoms with Crippen LogP contribution in [0.1, 0.15) is 6.42 Å². The highest BCUT2D eigenvalue weighted by atomic mass is 19.1. The molecule has 6 heteroatoms. The Labute approximate surface area is 93.6 Å². The maximum atomic E-state index is 13.6. The fourth-order valence-electron chi connectivity index (χ4n) is 1.66. The summed E-state index contributed by atoms with van der Waals surface area (Å²) < 4.78 is 18.9. The molecule has 0 radical (unpaired) electrons. The van der Waals surface area contributed by atoms with Crippen molar-refractivity contribution in [2.24, 2.45) is 0 Å². The second-order valence-corrected chi connectivity index (χ2v) is 3.57. The van der Waals surface area contributed by atoms with E-state index in [1.54, 1.807) is 7.05 Å². The Morgan fingerprint density at radius 2 is 2.31 bits per heavy atom. The van der Waals surface area contributed by atoms with E-state index in [-0.39, 0.29) is 5.82 Å². The largest absolute Gasteiger partial charge is 0.380 e. The standard InChI is InChI=1S/C10H15FN4O/c1-12-10-13-7-8(11)9(14-10)15-3-2-5-16-6-4-15/h7H,2-6H2,1H3,(H,12,13,14). The van der Waals surface area contributed by atoms with Crippen LogP contribution in [0.4, 0.5) is 16.2 Å². The molecule has 0 unspecified atom stereocenters. The lowest BCUT2D eigenvalue weighted by molar-refractivity contribution is 0.152. The Hall–Kier alpha value is -1.43. The summed E-state index contributed by atoms with van der Waals surface area (Å²) in [6.45, 7) is 2.76. The molecular weight excluding hydrogens is 211 g/mol. The van der Waals surface area contributed by atoms with Gasteiger partial charge in [-0.3, -0.25) is 0 Å². The lowest BCUT2D eigenvalue weighted by Gasteiger charge is -2.21. The molecule has 1 aromatic rings. The van der Waals surface area contributed by atoms with Gasteiger partial charge in [-0.15, -0.1) is 0 Å². The molecule has 0 aromatic carbocycles. The summed E-state index contributed by atoms with van der Waals surface area (Å²) in [6, 6.07) is 0. The summed E-state index contributed by atoms with van der Waals surface area (Å²) in [5.74, 6) is 0.396. The van der Waals surface area contributed by atoms with E-state index >= 15 is 0 Å². The minimum absolute atomic E-state index is 0.352. The minimum Gasteiger partial charge on any atom is -0.380 e. The highest BCUT2D eigenvalue weighted by Crippen LogP contribution is 2.18. The predicted molar refractivity (Wildman–Crippen MR) is 59.2 cm³/mol. The smallest absolute Gasteiger partial charge is 0.224 e. The van der Waals surface area contributed by atoms with Gasteiger partial charge in [0.1, 0.15) is 0 Å². The third-order valence-electron chi connectivity index (χ3n) is 2.47. The van der Waals surface area contributed by atoms with Gasteiger partial charge in [0.15, 0.2) is 11.6 Å². The highest BCUT2D eigenvalue weighted by Gasteiger charge is 2.16. The zero-order valence-corrected chi connectivity index (χ0v) is 9.24. The van der Waals surface area contributed by atoms with Crippen LogP contribution in [0, 0.1) is 5.82 Å². The summed E-state index contributed by atoms with van der Waals surface area (Å²) in [5, 5.41) is 2.80. The van der Waals surface area contributed by atoms with Crippen LogP contribution in [0.15, 0.2) is 6.20 Å². The molecule has 1 saturated heterocycles. The Kier molecular flexibility index (Phi) is 3.51. The summed E-state index contributed by atoms with van der Waals surface area (Å²) in [6.07, 6.45) is 2.08. The first kappa shape index (κ1) is 11.1. The predicted octanol–water partition coefficient (Wildman–Crippen LogP) is 0.884. The van der Waals surface area contributed by atoms with Gasteiger partial charge in [-0.2, -0.15) is 4.98 Å². The van der Waals surface area contributed by atoms with Crippen LogP contribution in [0.3, 0.4) is 0 Å². The zero-order chi connectivity index (χ0) is 11.4. The number of ether oxygens (including phenoxy) is 1. The Morgan fingerprint density at radius 3 is 3.12 bits per heavy atom. The number of rotatable bonds is 2. The molecule has 16 heavy (non-hydrogen) atoms. The summed E-state index contributed by atoms with van der Waals surface area (Å²) in [4.78, 5) is 9.84. The summed E-state index contributed by atoms with van der Waals surface area (Å²) in [7, 11) is 1.71. The molecule has 88 valence electrons. The molecule has 1 aliphatic heterocycles. The van der Waals surface area contributed by atoms with Crippen LogP contribution in [0.2, 0.25) is 0 Å². The summed E-state index contributed by atoms with van der Waals surface area (Å²) in [5.41, 5.74) is 0. The molecule has 0 spiro atoms. The van der Waals surface area contributed by atoms with Crippen molar-refractivity contribution in [1.82, 2.24) is 9.97 Å². The van der Waals surface area contributed by atoms with E-state index in [0.29, 0.717) is 24.9 Å². The van der Waals surface area contributed by atoms with Crippen LogP contribution in [-0.4, -0.2) is 43.3 Å². The van der Waals surface area contributed by atoms with Crippen LogP contribution in [0.5, 0.6) is 0 Å². The fourth-order valence-corrected chi connectivity index (χ4v) is 1.66. The fraction of sp³-hybridized carbons (Fsp3) is 0.600. The van der Waals surface area contributed by atoms with Gasteiger partial charge in [-0.1, -0.05) is 0 Å². The van der Waals surface area contributed by atoms with Crippen molar-refractivity contribution in [3.05, 3.63) is 12.0 Å². The number of nitrogens with one attached hydrogen (secondary N) is 1. The SMILES string of the molecule is CNc1ncc(F)c(N2CCCOCC2)n1. The van der Waals surface area contributed by atoms with Crippen LogP contribution < -0.4 is 10.2 Å². The van der Waals surface area contributed by atoms with Gasteiger partial charge in [0, 0.05) is 26.7 Å². The van der Waals surface area contributed by atoms with Gasteiger partial charge in [0.2, 0.25) is 5.95 Å². The number of hydrogen-bond donors (Lipinski definition) is 1. The third-order valence-corrected chi connectivity index (χ3v) is 2.47. The van der Waals surface area contributed by atoms with E-state index in [1.807, 2.05) is 4.90 Å².